The van der Waals surface area contributed by atoms with Crippen LogP contribution in [0.4, 0.5) is 5.82 Å². The summed E-state index contributed by atoms with van der Waals surface area (Å²) in [6.45, 7) is 0.553. The lowest BCUT2D eigenvalue weighted by atomic mass is 10.4. The predicted molar refractivity (Wildman–Crippen MR) is 70.1 cm³/mol. The van der Waals surface area contributed by atoms with Gasteiger partial charge in [-0.05, 0) is 18.2 Å². The molecule has 17 heavy (non-hydrogen) atoms. The Morgan fingerprint density at radius 2 is 2.06 bits per heavy atom. The van der Waals surface area contributed by atoms with Gasteiger partial charge in [-0.25, -0.2) is 4.98 Å². The fourth-order valence-corrected chi connectivity index (χ4v) is 2.05. The molecule has 0 fully saturated rings. The van der Waals surface area contributed by atoms with Crippen LogP contribution >= 0.6 is 34.8 Å². The van der Waals surface area contributed by atoms with Crippen molar-refractivity contribution in [2.24, 2.45) is 0 Å². The maximum absolute atomic E-state index is 6.06. The minimum atomic E-state index is 0.234. The number of hydrogen-bond acceptors (Lipinski definition) is 3. The smallest absolute Gasteiger partial charge is 0.150 e. The summed E-state index contributed by atoms with van der Waals surface area (Å²) in [7, 11) is 1.85. The molecule has 0 aliphatic heterocycles. The largest absolute Gasteiger partial charge is 0.467 e. The molecule has 0 aliphatic rings. The molecule has 0 unspecified atom stereocenters. The molecule has 3 nitrogen and oxygen atoms in total. The standard InChI is InChI=1S/C11H9Cl3N2O/c1-16(6-7-3-2-4-17-7)11-9(13)5-8(12)10(14)15-11/h2-5H,6H2,1H3. The van der Waals surface area contributed by atoms with Crippen molar-refractivity contribution >= 4 is 40.6 Å². The third-order valence-corrected chi connectivity index (χ3v) is 3.15. The second kappa shape index (κ2) is 5.17. The number of pyridine rings is 1. The van der Waals surface area contributed by atoms with Gasteiger partial charge in [-0.15, -0.1) is 0 Å². The van der Waals surface area contributed by atoms with Crippen LogP contribution in [-0.2, 0) is 6.54 Å². The number of hydrogen-bond donors (Lipinski definition) is 0. The molecule has 2 rings (SSSR count). The van der Waals surface area contributed by atoms with Crippen molar-refractivity contribution < 1.29 is 4.42 Å². The summed E-state index contributed by atoms with van der Waals surface area (Å²) in [5, 5.41) is 1.03. The molecule has 90 valence electrons. The lowest BCUT2D eigenvalue weighted by molar-refractivity contribution is 0.507. The van der Waals surface area contributed by atoms with E-state index in [4.69, 9.17) is 39.2 Å². The monoisotopic (exact) mass is 290 g/mol. The average Bonchev–Trinajstić information content (AvgIpc) is 2.76. The van der Waals surface area contributed by atoms with Crippen molar-refractivity contribution in [2.75, 3.05) is 11.9 Å². The molecule has 0 saturated carbocycles. The maximum Gasteiger partial charge on any atom is 0.150 e. The number of rotatable bonds is 3. The minimum absolute atomic E-state index is 0.234. The first-order chi connectivity index (χ1) is 8.08. The molecule has 2 aromatic heterocycles. The Morgan fingerprint density at radius 3 is 2.71 bits per heavy atom. The van der Waals surface area contributed by atoms with Gasteiger partial charge in [0, 0.05) is 7.05 Å². The van der Waals surface area contributed by atoms with Gasteiger partial charge in [0.2, 0.25) is 0 Å². The summed E-state index contributed by atoms with van der Waals surface area (Å²) in [5.74, 6) is 1.38. The van der Waals surface area contributed by atoms with Gasteiger partial charge in [-0.1, -0.05) is 34.8 Å². The summed E-state index contributed by atoms with van der Waals surface area (Å²) in [6, 6.07) is 5.28. The van der Waals surface area contributed by atoms with E-state index in [9.17, 15) is 0 Å². The molecule has 0 aliphatic carbocycles. The molecular formula is C11H9Cl3N2O. The number of nitrogens with zero attached hydrogens (tertiary/aromatic N) is 2. The fourth-order valence-electron chi connectivity index (χ4n) is 1.41. The van der Waals surface area contributed by atoms with Crippen LogP contribution in [0.5, 0.6) is 0 Å². The van der Waals surface area contributed by atoms with Crippen molar-refractivity contribution in [1.82, 2.24) is 4.98 Å². The Kier molecular flexibility index (Phi) is 3.82. The molecule has 2 heterocycles. The van der Waals surface area contributed by atoms with Gasteiger partial charge < -0.3 is 9.32 Å². The van der Waals surface area contributed by atoms with E-state index in [1.807, 2.05) is 24.1 Å². The first-order valence-electron chi connectivity index (χ1n) is 4.83. The van der Waals surface area contributed by atoms with Crippen LogP contribution in [0.25, 0.3) is 0 Å². The Balaban J connectivity index is 2.24. The second-order valence-corrected chi connectivity index (χ2v) is 4.67. The molecule has 0 saturated heterocycles. The number of anilines is 1. The summed E-state index contributed by atoms with van der Waals surface area (Å²) in [5.41, 5.74) is 0. The lowest BCUT2D eigenvalue weighted by Crippen LogP contribution is -2.17. The van der Waals surface area contributed by atoms with E-state index in [1.54, 1.807) is 12.3 Å². The van der Waals surface area contributed by atoms with Crippen LogP contribution in [0, 0.1) is 0 Å². The highest BCUT2D eigenvalue weighted by Gasteiger charge is 2.13. The predicted octanol–water partition coefficient (Wildman–Crippen LogP) is 4.27. The Bertz CT molecular complexity index is 514. The van der Waals surface area contributed by atoms with E-state index in [-0.39, 0.29) is 5.15 Å². The van der Waals surface area contributed by atoms with E-state index in [0.29, 0.717) is 22.4 Å². The zero-order valence-electron chi connectivity index (χ0n) is 8.95. The molecule has 0 bridgehead atoms. The topological polar surface area (TPSA) is 29.3 Å². The number of furan rings is 1. The second-order valence-electron chi connectivity index (χ2n) is 3.50. The third kappa shape index (κ3) is 2.86. The highest BCUT2D eigenvalue weighted by atomic mass is 35.5. The van der Waals surface area contributed by atoms with Gasteiger partial charge >= 0.3 is 0 Å². The van der Waals surface area contributed by atoms with Crippen molar-refractivity contribution in [2.45, 2.75) is 6.54 Å². The summed E-state index contributed by atoms with van der Waals surface area (Å²) in [6.07, 6.45) is 1.62. The normalized spacial score (nSPS) is 10.6. The van der Waals surface area contributed by atoms with E-state index < -0.39 is 0 Å². The van der Waals surface area contributed by atoms with Crippen molar-refractivity contribution in [3.8, 4) is 0 Å². The first kappa shape index (κ1) is 12.6. The van der Waals surface area contributed by atoms with Crippen LogP contribution < -0.4 is 4.90 Å². The van der Waals surface area contributed by atoms with Gasteiger partial charge in [0.05, 0.1) is 22.9 Å². The zero-order chi connectivity index (χ0) is 12.4. The fraction of sp³-hybridized carbons (Fsp3) is 0.182. The first-order valence-corrected chi connectivity index (χ1v) is 5.96. The lowest BCUT2D eigenvalue weighted by Gasteiger charge is -2.18. The average molecular weight is 292 g/mol. The van der Waals surface area contributed by atoms with Crippen molar-refractivity contribution in [3.63, 3.8) is 0 Å². The van der Waals surface area contributed by atoms with Gasteiger partial charge in [-0.2, -0.15) is 0 Å². The highest BCUT2D eigenvalue weighted by Crippen LogP contribution is 2.31. The van der Waals surface area contributed by atoms with E-state index in [1.165, 1.54) is 0 Å². The van der Waals surface area contributed by atoms with Crippen LogP contribution in [0.15, 0.2) is 28.9 Å². The minimum Gasteiger partial charge on any atom is -0.467 e. The molecule has 0 radical (unpaired) electrons. The van der Waals surface area contributed by atoms with Gasteiger partial charge in [0.15, 0.2) is 0 Å². The number of halogens is 3. The Labute approximate surface area is 114 Å². The molecule has 0 aromatic carbocycles. The summed E-state index contributed by atoms with van der Waals surface area (Å²) in [4.78, 5) is 5.98. The SMILES string of the molecule is CN(Cc1ccco1)c1nc(Cl)c(Cl)cc1Cl. The van der Waals surface area contributed by atoms with Gasteiger partial charge in [0.1, 0.15) is 16.7 Å². The molecule has 0 atom stereocenters. The zero-order valence-corrected chi connectivity index (χ0v) is 11.2. The van der Waals surface area contributed by atoms with Gasteiger partial charge in [0.25, 0.3) is 0 Å². The van der Waals surface area contributed by atoms with Crippen molar-refractivity contribution in [3.05, 3.63) is 45.4 Å². The molecule has 0 spiro atoms. The quantitative estimate of drug-likeness (QED) is 0.791. The summed E-state index contributed by atoms with van der Waals surface area (Å²) < 4.78 is 5.25. The number of aromatic nitrogens is 1. The highest BCUT2D eigenvalue weighted by molar-refractivity contribution is 6.42. The molecule has 0 amide bonds. The van der Waals surface area contributed by atoms with Crippen LogP contribution in [0.1, 0.15) is 5.76 Å². The molecule has 2 aromatic rings. The summed E-state index contributed by atoms with van der Waals surface area (Å²) >= 11 is 17.7. The molecule has 0 N–H and O–H groups in total. The van der Waals surface area contributed by atoms with Gasteiger partial charge in [-0.3, -0.25) is 0 Å². The molecule has 6 heteroatoms. The van der Waals surface area contributed by atoms with Crippen molar-refractivity contribution in [1.29, 1.82) is 0 Å². The molecular weight excluding hydrogens is 282 g/mol. The Hall–Kier alpha value is -0.900. The third-order valence-electron chi connectivity index (χ3n) is 2.20. The van der Waals surface area contributed by atoms with Crippen LogP contribution in [0.3, 0.4) is 0 Å². The van der Waals surface area contributed by atoms with E-state index in [0.717, 1.165) is 5.76 Å². The van der Waals surface area contributed by atoms with E-state index >= 15 is 0 Å². The van der Waals surface area contributed by atoms with Crippen LogP contribution in [-0.4, -0.2) is 12.0 Å². The van der Waals surface area contributed by atoms with Crippen LogP contribution in [0.2, 0.25) is 15.2 Å². The maximum atomic E-state index is 6.06. The van der Waals surface area contributed by atoms with E-state index in [2.05, 4.69) is 4.98 Å². The Morgan fingerprint density at radius 1 is 1.29 bits per heavy atom.